The molecule has 2 aromatic carbocycles. The number of amides is 1. The van der Waals surface area contributed by atoms with Crippen molar-refractivity contribution in [1.82, 2.24) is 14.5 Å². The molecule has 0 saturated carbocycles. The monoisotopic (exact) mass is 412 g/mol. The number of carbonyl (C=O) groups excluding carboxylic acids is 1. The minimum atomic E-state index is -0.0916. The Morgan fingerprint density at radius 3 is 2.93 bits per heavy atom. The highest BCUT2D eigenvalue weighted by atomic mass is 32.2. The molecule has 0 radical (unpaired) electrons. The van der Waals surface area contributed by atoms with Gasteiger partial charge in [-0.1, -0.05) is 41.3 Å². The normalized spacial score (nSPS) is 11.4. The minimum absolute atomic E-state index is 0.0916. The van der Waals surface area contributed by atoms with Gasteiger partial charge in [0, 0.05) is 13.7 Å². The third-order valence-electron chi connectivity index (χ3n) is 4.26. The quantitative estimate of drug-likeness (QED) is 0.458. The van der Waals surface area contributed by atoms with Gasteiger partial charge in [0.05, 0.1) is 33.6 Å². The van der Waals surface area contributed by atoms with Crippen molar-refractivity contribution in [2.24, 2.45) is 0 Å². The summed E-state index contributed by atoms with van der Waals surface area (Å²) in [4.78, 5) is 21.6. The Kier molecular flexibility index (Phi) is 5.61. The Labute approximate surface area is 170 Å². The van der Waals surface area contributed by atoms with Gasteiger partial charge in [-0.15, -0.1) is 0 Å². The number of carbonyl (C=O) groups is 1. The smallest absolute Gasteiger partial charge is 0.236 e. The maximum atomic E-state index is 12.4. The molecular weight excluding hydrogens is 392 g/mol. The first-order valence-corrected chi connectivity index (χ1v) is 10.7. The van der Waals surface area contributed by atoms with Gasteiger partial charge < -0.3 is 14.6 Å². The molecule has 4 aromatic rings. The van der Waals surface area contributed by atoms with Crippen molar-refractivity contribution in [3.05, 3.63) is 48.0 Å². The van der Waals surface area contributed by atoms with Crippen molar-refractivity contribution in [2.45, 2.75) is 18.6 Å². The number of thioether (sulfide) groups is 1. The van der Waals surface area contributed by atoms with Crippen LogP contribution in [0.2, 0.25) is 0 Å². The predicted molar refractivity (Wildman–Crippen MR) is 115 cm³/mol. The fourth-order valence-corrected chi connectivity index (χ4v) is 4.75. The highest BCUT2D eigenvalue weighted by Crippen LogP contribution is 2.28. The van der Waals surface area contributed by atoms with Crippen LogP contribution >= 0.6 is 23.1 Å². The lowest BCUT2D eigenvalue weighted by atomic mass is 10.2. The van der Waals surface area contributed by atoms with Gasteiger partial charge >= 0.3 is 0 Å². The Hall–Kier alpha value is -2.42. The van der Waals surface area contributed by atoms with E-state index in [0.717, 1.165) is 26.4 Å². The molecule has 0 aliphatic heterocycles. The highest BCUT2D eigenvalue weighted by Gasteiger charge is 2.14. The molecule has 2 heterocycles. The lowest BCUT2D eigenvalue weighted by Crippen LogP contribution is -2.14. The number of hydrogen-bond acceptors (Lipinski definition) is 6. The molecule has 1 amide bonds. The van der Waals surface area contributed by atoms with E-state index in [2.05, 4.69) is 25.9 Å². The molecule has 0 fully saturated rings. The summed E-state index contributed by atoms with van der Waals surface area (Å²) < 4.78 is 8.38. The van der Waals surface area contributed by atoms with Crippen LogP contribution in [0.4, 0.5) is 5.13 Å². The number of nitrogens with zero attached hydrogens (tertiary/aromatic N) is 3. The second-order valence-electron chi connectivity index (χ2n) is 6.35. The van der Waals surface area contributed by atoms with Crippen molar-refractivity contribution in [1.29, 1.82) is 0 Å². The third-order valence-corrected chi connectivity index (χ3v) is 6.17. The fourth-order valence-electron chi connectivity index (χ4n) is 2.93. The van der Waals surface area contributed by atoms with E-state index < -0.39 is 0 Å². The van der Waals surface area contributed by atoms with Crippen LogP contribution in [-0.2, 0) is 16.1 Å². The van der Waals surface area contributed by atoms with Crippen LogP contribution in [0.25, 0.3) is 21.3 Å². The number of thiazole rings is 1. The van der Waals surface area contributed by atoms with Crippen LogP contribution in [0.15, 0.2) is 47.6 Å². The molecular formula is C20H20N4O2S2. The van der Waals surface area contributed by atoms with Crippen molar-refractivity contribution in [3.8, 4) is 0 Å². The van der Waals surface area contributed by atoms with E-state index in [1.165, 1.54) is 28.7 Å². The fraction of sp³-hybridized carbons (Fsp3) is 0.250. The number of aromatic nitrogens is 3. The number of anilines is 1. The van der Waals surface area contributed by atoms with Gasteiger partial charge in [0.2, 0.25) is 5.91 Å². The predicted octanol–water partition coefficient (Wildman–Crippen LogP) is 4.33. The number of imidazole rings is 1. The number of ether oxygens (including phenoxy) is 1. The van der Waals surface area contributed by atoms with Gasteiger partial charge in [-0.25, -0.2) is 9.97 Å². The zero-order valence-electron chi connectivity index (χ0n) is 15.6. The van der Waals surface area contributed by atoms with Gasteiger partial charge in [0.15, 0.2) is 10.3 Å². The number of fused-ring (bicyclic) bond motifs is 2. The largest absolute Gasteiger partial charge is 0.383 e. The maximum Gasteiger partial charge on any atom is 0.236 e. The molecule has 0 spiro atoms. The molecule has 0 saturated heterocycles. The molecule has 0 bridgehead atoms. The summed E-state index contributed by atoms with van der Waals surface area (Å²) in [5.41, 5.74) is 4.05. The Morgan fingerprint density at radius 1 is 1.21 bits per heavy atom. The first-order chi connectivity index (χ1) is 13.6. The molecule has 144 valence electrons. The average molecular weight is 413 g/mol. The molecule has 0 unspecified atom stereocenters. The number of para-hydroxylation sites is 2. The Bertz CT molecular complexity index is 1140. The Morgan fingerprint density at radius 2 is 2.07 bits per heavy atom. The summed E-state index contributed by atoms with van der Waals surface area (Å²) in [6.07, 6.45) is 0. The SMILES string of the molecule is COCCn1c(SCC(=O)Nc2nc3ccc(C)cc3s2)nc2ccccc21. The summed E-state index contributed by atoms with van der Waals surface area (Å²) in [7, 11) is 1.68. The molecule has 28 heavy (non-hydrogen) atoms. The zero-order valence-corrected chi connectivity index (χ0v) is 17.3. The summed E-state index contributed by atoms with van der Waals surface area (Å²) in [5.74, 6) is 0.178. The van der Waals surface area contributed by atoms with E-state index >= 15 is 0 Å². The van der Waals surface area contributed by atoms with E-state index in [1.807, 2.05) is 43.3 Å². The number of rotatable bonds is 7. The van der Waals surface area contributed by atoms with Gasteiger partial charge in [0.25, 0.3) is 0 Å². The second kappa shape index (κ2) is 8.30. The van der Waals surface area contributed by atoms with Gasteiger partial charge in [-0.05, 0) is 36.8 Å². The summed E-state index contributed by atoms with van der Waals surface area (Å²) in [6, 6.07) is 14.0. The summed E-state index contributed by atoms with van der Waals surface area (Å²) in [5, 5.41) is 4.34. The maximum absolute atomic E-state index is 12.4. The number of benzene rings is 2. The van der Waals surface area contributed by atoms with Crippen LogP contribution < -0.4 is 5.32 Å². The molecule has 0 aliphatic carbocycles. The van der Waals surface area contributed by atoms with Crippen LogP contribution in [0.3, 0.4) is 0 Å². The van der Waals surface area contributed by atoms with Crippen molar-refractivity contribution >= 4 is 55.4 Å². The molecule has 6 nitrogen and oxygen atoms in total. The number of methoxy groups -OCH3 is 1. The lowest BCUT2D eigenvalue weighted by Gasteiger charge is -2.08. The van der Waals surface area contributed by atoms with E-state index in [1.54, 1.807) is 7.11 Å². The topological polar surface area (TPSA) is 69.0 Å². The van der Waals surface area contributed by atoms with Crippen molar-refractivity contribution in [3.63, 3.8) is 0 Å². The number of nitrogens with one attached hydrogen (secondary N) is 1. The van der Waals surface area contributed by atoms with Crippen LogP contribution in [0.1, 0.15) is 5.56 Å². The van der Waals surface area contributed by atoms with E-state index in [9.17, 15) is 4.79 Å². The van der Waals surface area contributed by atoms with Gasteiger partial charge in [-0.2, -0.15) is 0 Å². The molecule has 2 aromatic heterocycles. The molecule has 4 rings (SSSR count). The molecule has 0 aliphatic rings. The van der Waals surface area contributed by atoms with E-state index in [0.29, 0.717) is 18.3 Å². The summed E-state index contributed by atoms with van der Waals surface area (Å²) >= 11 is 2.91. The van der Waals surface area contributed by atoms with Crippen molar-refractivity contribution in [2.75, 3.05) is 24.8 Å². The zero-order chi connectivity index (χ0) is 19.5. The lowest BCUT2D eigenvalue weighted by molar-refractivity contribution is -0.113. The summed E-state index contributed by atoms with van der Waals surface area (Å²) in [6.45, 7) is 3.33. The first kappa shape index (κ1) is 18.9. The first-order valence-electron chi connectivity index (χ1n) is 8.88. The molecule has 1 N–H and O–H groups in total. The highest BCUT2D eigenvalue weighted by molar-refractivity contribution is 7.99. The molecule has 0 atom stereocenters. The average Bonchev–Trinajstić information content (AvgIpc) is 3.24. The number of hydrogen-bond donors (Lipinski definition) is 1. The minimum Gasteiger partial charge on any atom is -0.383 e. The third kappa shape index (κ3) is 4.04. The van der Waals surface area contributed by atoms with Crippen LogP contribution in [0, 0.1) is 6.92 Å². The van der Waals surface area contributed by atoms with Gasteiger partial charge in [-0.3, -0.25) is 4.79 Å². The Balaban J connectivity index is 1.46. The molecule has 8 heteroatoms. The standard InChI is InChI=1S/C20H20N4O2S2/c1-13-7-8-15-17(11-13)28-19(21-15)23-18(25)12-27-20-22-14-5-3-4-6-16(14)24(20)9-10-26-2/h3-8,11H,9-10,12H2,1-2H3,(H,21,23,25). The van der Waals surface area contributed by atoms with Crippen LogP contribution in [0.5, 0.6) is 0 Å². The second-order valence-corrected chi connectivity index (χ2v) is 8.33. The van der Waals surface area contributed by atoms with Crippen molar-refractivity contribution < 1.29 is 9.53 Å². The van der Waals surface area contributed by atoms with E-state index in [4.69, 9.17) is 4.74 Å². The van der Waals surface area contributed by atoms with Crippen LogP contribution in [-0.4, -0.2) is 39.9 Å². The van der Waals surface area contributed by atoms with Gasteiger partial charge in [0.1, 0.15) is 0 Å². The van der Waals surface area contributed by atoms with E-state index in [-0.39, 0.29) is 11.7 Å². The number of aryl methyl sites for hydroxylation is 1.